The molecule has 0 saturated heterocycles. The highest BCUT2D eigenvalue weighted by molar-refractivity contribution is 5.41. The Morgan fingerprint density at radius 1 is 1.11 bits per heavy atom. The predicted octanol–water partition coefficient (Wildman–Crippen LogP) is 3.87. The van der Waals surface area contributed by atoms with E-state index in [1.807, 2.05) is 24.3 Å². The lowest BCUT2D eigenvalue weighted by Crippen LogP contribution is -2.25. The topological polar surface area (TPSA) is 45.6 Å². The van der Waals surface area contributed by atoms with Gasteiger partial charge in [0.05, 0.1) is 0 Å². The van der Waals surface area contributed by atoms with E-state index >= 15 is 0 Å². The summed E-state index contributed by atoms with van der Waals surface area (Å²) < 4.78 is 5.94. The van der Waals surface area contributed by atoms with Gasteiger partial charge in [0.15, 0.2) is 0 Å². The molecule has 0 aliphatic carbocycles. The molecule has 1 aliphatic heterocycles. The van der Waals surface area contributed by atoms with Crippen molar-refractivity contribution in [3.63, 3.8) is 0 Å². The van der Waals surface area contributed by atoms with Gasteiger partial charge in [-0.25, -0.2) is 0 Å². The second-order valence-electron chi connectivity index (χ2n) is 7.10. The summed E-state index contributed by atoms with van der Waals surface area (Å²) in [7, 11) is 0. The Hall–Kier alpha value is -2.69. The minimum atomic E-state index is -0.683. The number of aryl methyl sites for hydroxylation is 1. The van der Waals surface area contributed by atoms with Crippen molar-refractivity contribution in [2.75, 3.05) is 13.2 Å². The average Bonchev–Trinajstić information content (AvgIpc) is 2.89. The number of fused-ring (bicyclic) bond motifs is 1. The summed E-state index contributed by atoms with van der Waals surface area (Å²) in [6.45, 7) is 5.36. The van der Waals surface area contributed by atoms with Crippen LogP contribution in [0.2, 0.25) is 0 Å². The van der Waals surface area contributed by atoms with Crippen molar-refractivity contribution in [1.82, 2.24) is 9.88 Å². The molecule has 0 amide bonds. The number of aliphatic hydroxyl groups excluding tert-OH is 1. The summed E-state index contributed by atoms with van der Waals surface area (Å²) in [4.78, 5) is 6.50. The van der Waals surface area contributed by atoms with Gasteiger partial charge in [-0.2, -0.15) is 0 Å². The SMILES string of the molecule is Cc1cccc(CN2CCOc3ccc(C(O)c4cccnc4)cc3C2)c1. The molecule has 2 heterocycles. The van der Waals surface area contributed by atoms with Crippen LogP contribution in [0, 0.1) is 6.92 Å². The Kier molecular flexibility index (Phi) is 5.19. The van der Waals surface area contributed by atoms with Crippen LogP contribution in [0.3, 0.4) is 0 Å². The van der Waals surface area contributed by atoms with Gasteiger partial charge in [-0.05, 0) is 36.2 Å². The number of nitrogens with zero attached hydrogens (tertiary/aromatic N) is 2. The van der Waals surface area contributed by atoms with Gasteiger partial charge in [0.2, 0.25) is 0 Å². The van der Waals surface area contributed by atoms with Crippen LogP contribution in [0.15, 0.2) is 67.0 Å². The first-order valence-corrected chi connectivity index (χ1v) is 9.30. The molecule has 0 fully saturated rings. The normalized spacial score (nSPS) is 15.5. The van der Waals surface area contributed by atoms with Crippen molar-refractivity contribution >= 4 is 0 Å². The fourth-order valence-corrected chi connectivity index (χ4v) is 3.57. The Morgan fingerprint density at radius 2 is 2.04 bits per heavy atom. The van der Waals surface area contributed by atoms with Crippen molar-refractivity contribution in [3.05, 3.63) is 94.8 Å². The highest BCUT2D eigenvalue weighted by atomic mass is 16.5. The van der Waals surface area contributed by atoms with Gasteiger partial charge in [0, 0.05) is 43.2 Å². The first kappa shape index (κ1) is 17.7. The van der Waals surface area contributed by atoms with Crippen LogP contribution in [0.5, 0.6) is 5.75 Å². The highest BCUT2D eigenvalue weighted by Gasteiger charge is 2.18. The lowest BCUT2D eigenvalue weighted by Gasteiger charge is -2.20. The molecule has 3 aromatic rings. The molecule has 1 aliphatic rings. The molecular weight excluding hydrogens is 336 g/mol. The maximum atomic E-state index is 10.7. The summed E-state index contributed by atoms with van der Waals surface area (Å²) in [6, 6.07) is 18.3. The van der Waals surface area contributed by atoms with Crippen LogP contribution in [0.1, 0.15) is 33.9 Å². The van der Waals surface area contributed by atoms with E-state index in [0.717, 1.165) is 42.1 Å². The quantitative estimate of drug-likeness (QED) is 0.767. The van der Waals surface area contributed by atoms with Crippen LogP contribution in [-0.2, 0) is 13.1 Å². The van der Waals surface area contributed by atoms with Gasteiger partial charge >= 0.3 is 0 Å². The molecule has 1 N–H and O–H groups in total. The molecule has 0 bridgehead atoms. The molecule has 0 spiro atoms. The van der Waals surface area contributed by atoms with Crippen LogP contribution in [-0.4, -0.2) is 28.1 Å². The third-order valence-electron chi connectivity index (χ3n) is 4.95. The van der Waals surface area contributed by atoms with E-state index in [2.05, 4.69) is 47.1 Å². The molecular formula is C23H24N2O2. The smallest absolute Gasteiger partial charge is 0.123 e. The zero-order valence-electron chi connectivity index (χ0n) is 15.5. The first-order chi connectivity index (χ1) is 13.2. The van der Waals surface area contributed by atoms with Crippen LogP contribution in [0.25, 0.3) is 0 Å². The van der Waals surface area contributed by atoms with Crippen molar-refractivity contribution in [1.29, 1.82) is 0 Å². The zero-order chi connectivity index (χ0) is 18.6. The van der Waals surface area contributed by atoms with Crippen LogP contribution in [0.4, 0.5) is 0 Å². The monoisotopic (exact) mass is 360 g/mol. The number of rotatable bonds is 4. The molecule has 4 heteroatoms. The summed E-state index contributed by atoms with van der Waals surface area (Å²) >= 11 is 0. The second kappa shape index (κ2) is 7.91. The zero-order valence-corrected chi connectivity index (χ0v) is 15.5. The van der Waals surface area contributed by atoms with Crippen molar-refractivity contribution in [2.45, 2.75) is 26.1 Å². The van der Waals surface area contributed by atoms with Gasteiger partial charge in [-0.15, -0.1) is 0 Å². The number of hydrogen-bond acceptors (Lipinski definition) is 4. The van der Waals surface area contributed by atoms with Crippen LogP contribution >= 0.6 is 0 Å². The average molecular weight is 360 g/mol. The highest BCUT2D eigenvalue weighted by Crippen LogP contribution is 2.29. The van der Waals surface area contributed by atoms with Crippen molar-refractivity contribution in [3.8, 4) is 5.75 Å². The van der Waals surface area contributed by atoms with Gasteiger partial charge in [0.1, 0.15) is 18.5 Å². The largest absolute Gasteiger partial charge is 0.492 e. The number of ether oxygens (including phenoxy) is 1. The lowest BCUT2D eigenvalue weighted by atomic mass is 10.00. The van der Waals surface area contributed by atoms with E-state index in [0.29, 0.717) is 6.61 Å². The van der Waals surface area contributed by atoms with E-state index in [1.165, 1.54) is 11.1 Å². The van der Waals surface area contributed by atoms with E-state index in [-0.39, 0.29) is 0 Å². The van der Waals surface area contributed by atoms with E-state index in [1.54, 1.807) is 12.4 Å². The maximum Gasteiger partial charge on any atom is 0.123 e. The maximum absolute atomic E-state index is 10.7. The Bertz CT molecular complexity index is 911. The van der Waals surface area contributed by atoms with Crippen molar-refractivity contribution in [2.24, 2.45) is 0 Å². The minimum absolute atomic E-state index is 0.670. The molecule has 0 saturated carbocycles. The van der Waals surface area contributed by atoms with Crippen molar-refractivity contribution < 1.29 is 9.84 Å². The van der Waals surface area contributed by atoms with E-state index in [4.69, 9.17) is 4.74 Å². The third-order valence-corrected chi connectivity index (χ3v) is 4.95. The summed E-state index contributed by atoms with van der Waals surface area (Å²) in [5.41, 5.74) is 5.36. The predicted molar refractivity (Wildman–Crippen MR) is 106 cm³/mol. The summed E-state index contributed by atoms with van der Waals surface area (Å²) in [5.74, 6) is 0.906. The fraction of sp³-hybridized carbons (Fsp3) is 0.261. The molecule has 138 valence electrons. The number of aromatic nitrogens is 1. The fourth-order valence-electron chi connectivity index (χ4n) is 3.57. The van der Waals surface area contributed by atoms with Gasteiger partial charge < -0.3 is 9.84 Å². The number of benzene rings is 2. The van der Waals surface area contributed by atoms with Gasteiger partial charge in [0.25, 0.3) is 0 Å². The molecule has 27 heavy (non-hydrogen) atoms. The Labute approximate surface area is 160 Å². The molecule has 1 atom stereocenters. The number of aliphatic hydroxyl groups is 1. The molecule has 0 radical (unpaired) electrons. The van der Waals surface area contributed by atoms with E-state index < -0.39 is 6.10 Å². The Morgan fingerprint density at radius 3 is 2.85 bits per heavy atom. The summed E-state index contributed by atoms with van der Waals surface area (Å²) in [6.07, 6.45) is 2.73. The van der Waals surface area contributed by atoms with Gasteiger partial charge in [-0.1, -0.05) is 42.0 Å². The Balaban J connectivity index is 1.56. The molecule has 4 rings (SSSR count). The lowest BCUT2D eigenvalue weighted by molar-refractivity contribution is 0.218. The molecule has 4 nitrogen and oxygen atoms in total. The first-order valence-electron chi connectivity index (χ1n) is 9.30. The summed E-state index contributed by atoms with van der Waals surface area (Å²) in [5, 5.41) is 10.7. The number of pyridine rings is 1. The molecule has 1 aromatic heterocycles. The molecule has 1 unspecified atom stereocenters. The molecule has 2 aromatic carbocycles. The third kappa shape index (κ3) is 4.18. The second-order valence-corrected chi connectivity index (χ2v) is 7.10. The van der Waals surface area contributed by atoms with Crippen LogP contribution < -0.4 is 4.74 Å². The van der Waals surface area contributed by atoms with Gasteiger partial charge in [-0.3, -0.25) is 9.88 Å². The number of hydrogen-bond donors (Lipinski definition) is 1. The standard InChI is InChI=1S/C23H24N2O2/c1-17-4-2-5-18(12-17)15-25-10-11-27-22-8-7-19(13-21(22)16-25)23(26)20-6-3-9-24-14-20/h2-9,12-14,23,26H,10-11,15-16H2,1H3. The minimum Gasteiger partial charge on any atom is -0.492 e. The van der Waals surface area contributed by atoms with E-state index in [9.17, 15) is 5.11 Å².